The molecule has 0 N–H and O–H groups in total. The third kappa shape index (κ3) is 5.43. The number of fused-ring (bicyclic) bond motifs is 10. The van der Waals surface area contributed by atoms with Gasteiger partial charge in [0.15, 0.2) is 0 Å². The van der Waals surface area contributed by atoms with Gasteiger partial charge in [0.25, 0.3) is 0 Å². The SMILES string of the molecule is c1ccc(C2c3ccccc3-c3cc(C4=Nc5cc6ccccc6cc5C(c5ccc6c(c5)-c5ccccc5C6c5ccccc5)=Nc5cc6ccccc6cc54)ccc32)cc1. The summed E-state index contributed by atoms with van der Waals surface area (Å²) in [6.07, 6.45) is 0. The molecule has 62 heavy (non-hydrogen) atoms. The van der Waals surface area contributed by atoms with E-state index in [0.717, 1.165) is 66.6 Å². The molecule has 0 bridgehead atoms. The van der Waals surface area contributed by atoms with Crippen LogP contribution in [-0.4, -0.2) is 11.4 Å². The number of aliphatic imine (C=N–C) groups is 2. The zero-order valence-corrected chi connectivity index (χ0v) is 33.8. The molecule has 13 rings (SSSR count). The second-order valence-corrected chi connectivity index (χ2v) is 16.8. The first-order chi connectivity index (χ1) is 30.7. The van der Waals surface area contributed by atoms with E-state index in [0.29, 0.717) is 0 Å². The zero-order chi connectivity index (χ0) is 40.7. The summed E-state index contributed by atoms with van der Waals surface area (Å²) in [6, 6.07) is 79.9. The highest BCUT2D eigenvalue weighted by Crippen LogP contribution is 2.50. The summed E-state index contributed by atoms with van der Waals surface area (Å²) in [7, 11) is 0. The van der Waals surface area contributed by atoms with Crippen molar-refractivity contribution >= 4 is 44.3 Å². The van der Waals surface area contributed by atoms with Gasteiger partial charge in [-0.1, -0.05) is 182 Å². The third-order valence-electron chi connectivity index (χ3n) is 13.4. The lowest BCUT2D eigenvalue weighted by Crippen LogP contribution is -2.11. The Labute approximate surface area is 360 Å². The molecule has 2 heteroatoms. The quantitative estimate of drug-likeness (QED) is 0.170. The molecule has 288 valence electrons. The fourth-order valence-electron chi connectivity index (χ4n) is 10.5. The van der Waals surface area contributed by atoms with Gasteiger partial charge in [-0.05, 0) is 114 Å². The van der Waals surface area contributed by atoms with E-state index >= 15 is 0 Å². The monoisotopic (exact) mass is 786 g/mol. The first-order valence-corrected chi connectivity index (χ1v) is 21.5. The Hall–Kier alpha value is -7.94. The van der Waals surface area contributed by atoms with Gasteiger partial charge in [0.1, 0.15) is 0 Å². The lowest BCUT2D eigenvalue weighted by molar-refractivity contribution is 1.01. The zero-order valence-electron chi connectivity index (χ0n) is 33.8. The minimum Gasteiger partial charge on any atom is -0.247 e. The van der Waals surface area contributed by atoms with Gasteiger partial charge in [0, 0.05) is 34.1 Å². The first kappa shape index (κ1) is 34.9. The maximum absolute atomic E-state index is 5.80. The van der Waals surface area contributed by atoms with E-state index in [1.807, 2.05) is 0 Å². The summed E-state index contributed by atoms with van der Waals surface area (Å²) < 4.78 is 0. The number of benzene rings is 10. The van der Waals surface area contributed by atoms with Crippen LogP contribution in [0.5, 0.6) is 0 Å². The summed E-state index contributed by atoms with van der Waals surface area (Å²) in [6.45, 7) is 0. The van der Waals surface area contributed by atoms with E-state index in [4.69, 9.17) is 9.98 Å². The maximum Gasteiger partial charge on any atom is 0.0803 e. The Morgan fingerprint density at radius 1 is 0.258 bits per heavy atom. The maximum atomic E-state index is 5.80. The smallest absolute Gasteiger partial charge is 0.0803 e. The van der Waals surface area contributed by atoms with E-state index in [9.17, 15) is 0 Å². The van der Waals surface area contributed by atoms with Crippen molar-refractivity contribution in [2.45, 2.75) is 11.8 Å². The Morgan fingerprint density at radius 2 is 0.613 bits per heavy atom. The molecule has 0 amide bonds. The lowest BCUT2D eigenvalue weighted by atomic mass is 9.88. The molecule has 0 radical (unpaired) electrons. The predicted octanol–water partition coefficient (Wildman–Crippen LogP) is 15.0. The summed E-state index contributed by atoms with van der Waals surface area (Å²) >= 11 is 0. The van der Waals surface area contributed by atoms with Crippen molar-refractivity contribution in [2.24, 2.45) is 9.98 Å². The van der Waals surface area contributed by atoms with Crippen LogP contribution in [0.15, 0.2) is 228 Å². The van der Waals surface area contributed by atoms with Crippen LogP contribution >= 0.6 is 0 Å². The van der Waals surface area contributed by atoms with Crippen LogP contribution in [0.4, 0.5) is 11.4 Å². The number of hydrogen-bond donors (Lipinski definition) is 0. The van der Waals surface area contributed by atoms with Crippen molar-refractivity contribution in [3.05, 3.63) is 274 Å². The third-order valence-corrected chi connectivity index (χ3v) is 13.4. The average molecular weight is 787 g/mol. The molecule has 2 nitrogen and oxygen atoms in total. The number of nitrogens with zero attached hydrogens (tertiary/aromatic N) is 2. The van der Waals surface area contributed by atoms with Crippen molar-refractivity contribution < 1.29 is 0 Å². The molecule has 10 aromatic carbocycles. The predicted molar refractivity (Wildman–Crippen MR) is 257 cm³/mol. The molecular formula is C60H38N2. The van der Waals surface area contributed by atoms with E-state index in [2.05, 4.69) is 218 Å². The second-order valence-electron chi connectivity index (χ2n) is 16.8. The van der Waals surface area contributed by atoms with Crippen LogP contribution in [0.1, 0.15) is 67.5 Å². The molecule has 3 aliphatic rings. The minimum absolute atomic E-state index is 0.174. The van der Waals surface area contributed by atoms with Gasteiger partial charge in [0.05, 0.1) is 22.8 Å². The topological polar surface area (TPSA) is 24.7 Å². The highest BCUT2D eigenvalue weighted by molar-refractivity contribution is 6.25. The van der Waals surface area contributed by atoms with Gasteiger partial charge in [-0.2, -0.15) is 0 Å². The van der Waals surface area contributed by atoms with Crippen LogP contribution in [0, 0.1) is 0 Å². The van der Waals surface area contributed by atoms with Crippen molar-refractivity contribution in [1.82, 2.24) is 0 Å². The average Bonchev–Trinajstić information content (AvgIpc) is 3.84. The second kappa shape index (κ2) is 13.8. The molecule has 2 unspecified atom stereocenters. The first-order valence-electron chi connectivity index (χ1n) is 21.5. The van der Waals surface area contributed by atoms with Crippen molar-refractivity contribution in [3.63, 3.8) is 0 Å². The molecule has 0 saturated heterocycles. The molecule has 1 heterocycles. The van der Waals surface area contributed by atoms with E-state index < -0.39 is 0 Å². The normalized spacial score (nSPS) is 15.6. The van der Waals surface area contributed by atoms with E-state index in [-0.39, 0.29) is 11.8 Å². The van der Waals surface area contributed by atoms with Crippen LogP contribution < -0.4 is 0 Å². The molecule has 2 aliphatic carbocycles. The summed E-state index contributed by atoms with van der Waals surface area (Å²) in [5.74, 6) is 0.349. The van der Waals surface area contributed by atoms with E-state index in [1.165, 1.54) is 55.6 Å². The molecular weight excluding hydrogens is 749 g/mol. The number of rotatable bonds is 4. The largest absolute Gasteiger partial charge is 0.247 e. The highest BCUT2D eigenvalue weighted by atomic mass is 14.8. The van der Waals surface area contributed by atoms with Gasteiger partial charge >= 0.3 is 0 Å². The Balaban J connectivity index is 1.05. The Bertz CT molecular complexity index is 3290. The van der Waals surface area contributed by atoms with Gasteiger partial charge in [-0.15, -0.1) is 0 Å². The summed E-state index contributed by atoms with van der Waals surface area (Å²) in [5, 5.41) is 4.61. The van der Waals surface area contributed by atoms with Gasteiger partial charge in [-0.3, -0.25) is 0 Å². The molecule has 0 saturated carbocycles. The Kier molecular flexibility index (Phi) is 7.77. The van der Waals surface area contributed by atoms with Gasteiger partial charge < -0.3 is 0 Å². The fraction of sp³-hybridized carbons (Fsp3) is 0.0333. The lowest BCUT2D eigenvalue weighted by Gasteiger charge is -2.21. The van der Waals surface area contributed by atoms with Crippen molar-refractivity contribution in [2.75, 3.05) is 0 Å². The van der Waals surface area contributed by atoms with E-state index in [1.54, 1.807) is 0 Å². The van der Waals surface area contributed by atoms with Crippen LogP contribution in [0.3, 0.4) is 0 Å². The molecule has 1 aliphatic heterocycles. The van der Waals surface area contributed by atoms with Crippen LogP contribution in [-0.2, 0) is 0 Å². The summed E-state index contributed by atoms with van der Waals surface area (Å²) in [5.41, 5.74) is 20.8. The highest BCUT2D eigenvalue weighted by Gasteiger charge is 2.33. The van der Waals surface area contributed by atoms with Crippen LogP contribution in [0.2, 0.25) is 0 Å². The van der Waals surface area contributed by atoms with Gasteiger partial charge in [-0.25, -0.2) is 9.98 Å². The Morgan fingerprint density at radius 3 is 1.05 bits per heavy atom. The molecule has 0 aromatic heterocycles. The number of hydrogen-bond acceptors (Lipinski definition) is 2. The van der Waals surface area contributed by atoms with Crippen molar-refractivity contribution in [3.8, 4) is 22.3 Å². The van der Waals surface area contributed by atoms with Crippen LogP contribution in [0.25, 0.3) is 43.8 Å². The molecule has 2 atom stereocenters. The standard InChI is InChI=1S/C60H38N2/c1-3-15-37(16-4-1)57-47-25-13-11-23-45(47)51-33-43(27-29-49(51)57)59-53-31-39-19-7-9-21-41(39)35-55(53)62-60(54-32-40-20-8-10-22-42(40)36-56(54)61-59)44-28-30-50-52(34-44)46-24-12-14-26-48(46)58(50)38-17-5-2-6-18-38/h1-36,57-58H. The van der Waals surface area contributed by atoms with Crippen molar-refractivity contribution in [1.29, 1.82) is 0 Å². The minimum atomic E-state index is 0.174. The fourth-order valence-corrected chi connectivity index (χ4v) is 10.5. The van der Waals surface area contributed by atoms with Gasteiger partial charge in [0.2, 0.25) is 0 Å². The molecule has 0 fully saturated rings. The summed E-state index contributed by atoms with van der Waals surface area (Å²) in [4.78, 5) is 11.6. The molecule has 0 spiro atoms. The molecule has 10 aromatic rings.